The second-order valence-electron chi connectivity index (χ2n) is 3.63. The van der Waals surface area contributed by atoms with E-state index in [1.165, 1.54) is 11.5 Å². The molecule has 14 heavy (non-hydrogen) atoms. The molecule has 0 spiro atoms. The number of hydrogen-bond acceptors (Lipinski definition) is 6. The smallest absolute Gasteiger partial charge is 0.203 e. The van der Waals surface area contributed by atoms with Crippen LogP contribution in [0.25, 0.3) is 0 Å². The van der Waals surface area contributed by atoms with Crippen LogP contribution in [0.2, 0.25) is 0 Å². The van der Waals surface area contributed by atoms with Crippen LogP contribution in [0.1, 0.15) is 12.2 Å². The number of anilines is 1. The molecule has 3 N–H and O–H groups in total. The van der Waals surface area contributed by atoms with Gasteiger partial charge >= 0.3 is 0 Å². The molecule has 0 radical (unpaired) electrons. The lowest BCUT2D eigenvalue weighted by atomic mass is 9.89. The van der Waals surface area contributed by atoms with E-state index in [9.17, 15) is 0 Å². The Morgan fingerprint density at radius 1 is 1.64 bits per heavy atom. The molecule has 0 unspecified atom stereocenters. The van der Waals surface area contributed by atoms with Gasteiger partial charge in [0.2, 0.25) is 5.13 Å². The maximum Gasteiger partial charge on any atom is 0.203 e. The van der Waals surface area contributed by atoms with Crippen molar-refractivity contribution in [2.24, 2.45) is 0 Å². The SMILES string of the molecule is Cc1nsc(NC2(CCO)CNC2)n1. The van der Waals surface area contributed by atoms with Gasteiger partial charge in [0, 0.05) is 31.2 Å². The minimum absolute atomic E-state index is 0.0132. The summed E-state index contributed by atoms with van der Waals surface area (Å²) < 4.78 is 4.10. The molecule has 2 heterocycles. The van der Waals surface area contributed by atoms with Gasteiger partial charge in [-0.1, -0.05) is 0 Å². The number of aliphatic hydroxyl groups is 1. The second kappa shape index (κ2) is 3.80. The summed E-state index contributed by atoms with van der Waals surface area (Å²) in [7, 11) is 0. The minimum Gasteiger partial charge on any atom is -0.396 e. The molecule has 2 rings (SSSR count). The van der Waals surface area contributed by atoms with Crippen LogP contribution in [0, 0.1) is 6.92 Å². The molecule has 0 bridgehead atoms. The molecule has 1 aliphatic heterocycles. The Balaban J connectivity index is 2.01. The van der Waals surface area contributed by atoms with Gasteiger partial charge in [-0.3, -0.25) is 0 Å². The highest BCUT2D eigenvalue weighted by atomic mass is 32.1. The van der Waals surface area contributed by atoms with Crippen LogP contribution in [0.5, 0.6) is 0 Å². The van der Waals surface area contributed by atoms with Crippen LogP contribution in [-0.4, -0.2) is 39.7 Å². The van der Waals surface area contributed by atoms with E-state index in [0.717, 1.165) is 30.5 Å². The highest BCUT2D eigenvalue weighted by Crippen LogP contribution is 2.23. The summed E-state index contributed by atoms with van der Waals surface area (Å²) in [5, 5.41) is 16.3. The Morgan fingerprint density at radius 3 is 2.86 bits per heavy atom. The normalized spacial score (nSPS) is 19.0. The first-order chi connectivity index (χ1) is 6.74. The standard InChI is InChI=1S/C8H14N4OS/c1-6-10-7(14-12-6)11-8(2-3-13)4-9-5-8/h9,13H,2-5H2,1H3,(H,10,11,12). The van der Waals surface area contributed by atoms with Crippen LogP contribution >= 0.6 is 11.5 Å². The number of nitrogens with zero attached hydrogens (tertiary/aromatic N) is 2. The number of aliphatic hydroxyl groups excluding tert-OH is 1. The third-order valence-corrected chi connectivity index (χ3v) is 3.14. The molecular formula is C8H14N4OS. The number of rotatable bonds is 4. The number of hydrogen-bond donors (Lipinski definition) is 3. The van der Waals surface area contributed by atoms with Gasteiger partial charge in [-0.15, -0.1) is 0 Å². The predicted molar refractivity (Wildman–Crippen MR) is 55.6 cm³/mol. The number of nitrogens with one attached hydrogen (secondary N) is 2. The van der Waals surface area contributed by atoms with E-state index < -0.39 is 0 Å². The topological polar surface area (TPSA) is 70.1 Å². The van der Waals surface area contributed by atoms with Crippen molar-refractivity contribution >= 4 is 16.7 Å². The average Bonchev–Trinajstić information content (AvgIpc) is 2.48. The Hall–Kier alpha value is -0.720. The highest BCUT2D eigenvalue weighted by Gasteiger charge is 2.36. The molecule has 0 amide bonds. The lowest BCUT2D eigenvalue weighted by Crippen LogP contribution is -2.64. The molecule has 5 nitrogen and oxygen atoms in total. The first kappa shape index (κ1) is 9.82. The molecule has 1 aromatic rings. The molecule has 1 fully saturated rings. The zero-order valence-electron chi connectivity index (χ0n) is 8.08. The van der Waals surface area contributed by atoms with Crippen LogP contribution in [0.4, 0.5) is 5.13 Å². The number of aromatic nitrogens is 2. The van der Waals surface area contributed by atoms with Crippen LogP contribution in [0.3, 0.4) is 0 Å². The fraction of sp³-hybridized carbons (Fsp3) is 0.750. The Morgan fingerprint density at radius 2 is 2.43 bits per heavy atom. The van der Waals surface area contributed by atoms with E-state index in [1.54, 1.807) is 0 Å². The maximum absolute atomic E-state index is 8.95. The van der Waals surface area contributed by atoms with Gasteiger partial charge in [-0.25, -0.2) is 4.98 Å². The van der Waals surface area contributed by atoms with Crippen molar-refractivity contribution in [1.82, 2.24) is 14.7 Å². The van der Waals surface area contributed by atoms with E-state index in [-0.39, 0.29) is 12.1 Å². The quantitative estimate of drug-likeness (QED) is 0.657. The van der Waals surface area contributed by atoms with E-state index in [4.69, 9.17) is 5.11 Å². The van der Waals surface area contributed by atoms with E-state index in [2.05, 4.69) is 20.0 Å². The van der Waals surface area contributed by atoms with Crippen molar-refractivity contribution in [3.05, 3.63) is 5.82 Å². The fourth-order valence-electron chi connectivity index (χ4n) is 1.54. The molecule has 1 saturated heterocycles. The van der Waals surface area contributed by atoms with Crippen molar-refractivity contribution < 1.29 is 5.11 Å². The molecule has 6 heteroatoms. The Bertz CT molecular complexity index is 310. The maximum atomic E-state index is 8.95. The van der Waals surface area contributed by atoms with Gasteiger partial charge in [0.15, 0.2) is 0 Å². The Labute approximate surface area is 86.7 Å². The van der Waals surface area contributed by atoms with Gasteiger partial charge < -0.3 is 15.7 Å². The molecule has 1 aromatic heterocycles. The molecule has 78 valence electrons. The zero-order valence-corrected chi connectivity index (χ0v) is 8.89. The highest BCUT2D eigenvalue weighted by molar-refractivity contribution is 7.09. The summed E-state index contributed by atoms with van der Waals surface area (Å²) in [6.07, 6.45) is 0.749. The van der Waals surface area contributed by atoms with Gasteiger partial charge in [-0.05, 0) is 13.3 Å². The van der Waals surface area contributed by atoms with Crippen LogP contribution in [-0.2, 0) is 0 Å². The summed E-state index contributed by atoms with van der Waals surface area (Å²) in [5.41, 5.74) is -0.0132. The zero-order chi connectivity index (χ0) is 10.0. The van der Waals surface area contributed by atoms with Crippen molar-refractivity contribution in [1.29, 1.82) is 0 Å². The summed E-state index contributed by atoms with van der Waals surface area (Å²) >= 11 is 1.37. The van der Waals surface area contributed by atoms with E-state index >= 15 is 0 Å². The molecule has 0 saturated carbocycles. The first-order valence-corrected chi connectivity index (χ1v) is 5.41. The van der Waals surface area contributed by atoms with Crippen molar-refractivity contribution in [2.75, 3.05) is 25.0 Å². The lowest BCUT2D eigenvalue weighted by Gasteiger charge is -2.42. The third kappa shape index (κ3) is 1.87. The number of aryl methyl sites for hydroxylation is 1. The second-order valence-corrected chi connectivity index (χ2v) is 4.38. The van der Waals surface area contributed by atoms with Gasteiger partial charge in [0.1, 0.15) is 5.82 Å². The van der Waals surface area contributed by atoms with E-state index in [1.807, 2.05) is 6.92 Å². The Kier molecular flexibility index (Phi) is 2.66. The monoisotopic (exact) mass is 214 g/mol. The van der Waals surface area contributed by atoms with Crippen molar-refractivity contribution in [3.63, 3.8) is 0 Å². The minimum atomic E-state index is -0.0132. The molecular weight excluding hydrogens is 200 g/mol. The van der Waals surface area contributed by atoms with Crippen LogP contribution < -0.4 is 10.6 Å². The van der Waals surface area contributed by atoms with Crippen LogP contribution in [0.15, 0.2) is 0 Å². The average molecular weight is 214 g/mol. The fourth-order valence-corrected chi connectivity index (χ4v) is 2.24. The molecule has 1 aliphatic rings. The van der Waals surface area contributed by atoms with Crippen molar-refractivity contribution in [2.45, 2.75) is 18.9 Å². The lowest BCUT2D eigenvalue weighted by molar-refractivity contribution is 0.207. The molecule has 0 aromatic carbocycles. The predicted octanol–water partition coefficient (Wildman–Crippen LogP) is -0.0172. The van der Waals surface area contributed by atoms with Crippen molar-refractivity contribution in [3.8, 4) is 0 Å². The molecule has 0 aliphatic carbocycles. The van der Waals surface area contributed by atoms with Gasteiger partial charge in [0.25, 0.3) is 0 Å². The molecule has 0 atom stereocenters. The summed E-state index contributed by atoms with van der Waals surface area (Å²) in [6, 6.07) is 0. The third-order valence-electron chi connectivity index (χ3n) is 2.42. The first-order valence-electron chi connectivity index (χ1n) is 4.64. The van der Waals surface area contributed by atoms with Gasteiger partial charge in [0.05, 0.1) is 5.54 Å². The summed E-state index contributed by atoms with van der Waals surface area (Å²) in [5.74, 6) is 0.795. The van der Waals surface area contributed by atoms with E-state index in [0.29, 0.717) is 0 Å². The summed E-state index contributed by atoms with van der Waals surface area (Å²) in [6.45, 7) is 3.84. The largest absolute Gasteiger partial charge is 0.396 e. The van der Waals surface area contributed by atoms with Gasteiger partial charge in [-0.2, -0.15) is 4.37 Å². The summed E-state index contributed by atoms with van der Waals surface area (Å²) in [4.78, 5) is 4.25.